The molecular weight excluding hydrogens is 462 g/mol. The highest BCUT2D eigenvalue weighted by atomic mass is 32.2. The van der Waals surface area contributed by atoms with Crippen LogP contribution in [0.2, 0.25) is 0 Å². The van der Waals surface area contributed by atoms with E-state index in [0.717, 1.165) is 23.2 Å². The van der Waals surface area contributed by atoms with Crippen molar-refractivity contribution in [2.45, 2.75) is 44.8 Å². The maximum atomic E-state index is 13.1. The Labute approximate surface area is 208 Å². The lowest BCUT2D eigenvalue weighted by Gasteiger charge is -2.22. The minimum Gasteiger partial charge on any atom is -0.495 e. The van der Waals surface area contributed by atoms with E-state index in [1.165, 1.54) is 19.2 Å². The van der Waals surface area contributed by atoms with Gasteiger partial charge in [0.05, 0.1) is 7.11 Å². The number of hydrogen-bond donors (Lipinski definition) is 2. The van der Waals surface area contributed by atoms with E-state index in [1.54, 1.807) is 18.2 Å². The van der Waals surface area contributed by atoms with Crippen LogP contribution >= 0.6 is 0 Å². The lowest BCUT2D eigenvalue weighted by molar-refractivity contribution is 0.0950. The van der Waals surface area contributed by atoms with E-state index in [1.807, 2.05) is 37.3 Å². The summed E-state index contributed by atoms with van der Waals surface area (Å²) in [7, 11) is -0.528. The lowest BCUT2D eigenvalue weighted by atomic mass is 10.1. The summed E-state index contributed by atoms with van der Waals surface area (Å²) < 4.78 is 34.0. The van der Waals surface area contributed by atoms with Crippen molar-refractivity contribution < 1.29 is 17.9 Å². The highest BCUT2D eigenvalue weighted by Gasteiger charge is 2.22. The molecule has 3 rings (SSSR count). The molecule has 0 aliphatic carbocycles. The first-order valence-corrected chi connectivity index (χ1v) is 12.9. The van der Waals surface area contributed by atoms with Crippen LogP contribution in [0.25, 0.3) is 0 Å². The molecule has 7 nitrogen and oxygen atoms in total. The molecule has 1 amide bonds. The second-order valence-electron chi connectivity index (χ2n) is 8.80. The average molecular weight is 496 g/mol. The third kappa shape index (κ3) is 6.83. The van der Waals surface area contributed by atoms with E-state index in [-0.39, 0.29) is 22.1 Å². The molecule has 0 saturated carbocycles. The number of amides is 1. The zero-order valence-electron chi connectivity index (χ0n) is 20.8. The van der Waals surface area contributed by atoms with Gasteiger partial charge in [0.25, 0.3) is 15.9 Å². The third-order valence-corrected chi connectivity index (χ3v) is 7.28. The van der Waals surface area contributed by atoms with E-state index in [2.05, 4.69) is 41.9 Å². The molecule has 0 aromatic heterocycles. The lowest BCUT2D eigenvalue weighted by Crippen LogP contribution is -2.28. The number of nitrogens with zero attached hydrogens (tertiary/aromatic N) is 1. The minimum absolute atomic E-state index is 0.104. The molecule has 186 valence electrons. The highest BCUT2D eigenvalue weighted by molar-refractivity contribution is 7.92. The van der Waals surface area contributed by atoms with Gasteiger partial charge in [-0.15, -0.1) is 0 Å². The third-order valence-electron chi connectivity index (χ3n) is 5.88. The number of benzene rings is 3. The first-order chi connectivity index (χ1) is 16.6. The van der Waals surface area contributed by atoms with Gasteiger partial charge in [0.2, 0.25) is 0 Å². The molecule has 0 aliphatic rings. The molecule has 0 heterocycles. The van der Waals surface area contributed by atoms with Gasteiger partial charge in [-0.1, -0.05) is 42.0 Å². The highest BCUT2D eigenvalue weighted by Crippen LogP contribution is 2.27. The van der Waals surface area contributed by atoms with Gasteiger partial charge in [0.15, 0.2) is 0 Å². The van der Waals surface area contributed by atoms with Gasteiger partial charge in [-0.3, -0.25) is 14.4 Å². The predicted molar refractivity (Wildman–Crippen MR) is 139 cm³/mol. The first-order valence-electron chi connectivity index (χ1n) is 11.4. The zero-order chi connectivity index (χ0) is 25.6. The molecule has 0 saturated heterocycles. The Kier molecular flexibility index (Phi) is 8.53. The van der Waals surface area contributed by atoms with Gasteiger partial charge in [-0.05, 0) is 69.3 Å². The Morgan fingerprint density at radius 1 is 1.00 bits per heavy atom. The predicted octanol–water partition coefficient (Wildman–Crippen LogP) is 4.57. The van der Waals surface area contributed by atoms with Crippen LogP contribution in [0.1, 0.15) is 40.9 Å². The van der Waals surface area contributed by atoms with Gasteiger partial charge in [0, 0.05) is 30.4 Å². The number of hydrogen-bond acceptors (Lipinski definition) is 5. The molecule has 35 heavy (non-hydrogen) atoms. The van der Waals surface area contributed by atoms with Crippen LogP contribution in [0, 0.1) is 6.92 Å². The molecule has 3 aromatic carbocycles. The molecule has 0 spiro atoms. The Hall–Kier alpha value is -3.36. The summed E-state index contributed by atoms with van der Waals surface area (Å²) in [5.74, 6) is -0.213. The van der Waals surface area contributed by atoms with Crippen LogP contribution in [-0.4, -0.2) is 39.4 Å². The monoisotopic (exact) mass is 495 g/mol. The minimum atomic E-state index is -3.98. The van der Waals surface area contributed by atoms with E-state index in [4.69, 9.17) is 4.74 Å². The molecule has 0 bridgehead atoms. The van der Waals surface area contributed by atoms with Crippen LogP contribution in [0.5, 0.6) is 5.75 Å². The second-order valence-corrected chi connectivity index (χ2v) is 10.4. The van der Waals surface area contributed by atoms with E-state index >= 15 is 0 Å². The largest absolute Gasteiger partial charge is 0.495 e. The van der Waals surface area contributed by atoms with Crippen molar-refractivity contribution in [3.8, 4) is 5.75 Å². The van der Waals surface area contributed by atoms with Crippen LogP contribution in [-0.2, 0) is 23.1 Å². The fraction of sp³-hybridized carbons (Fsp3) is 0.296. The van der Waals surface area contributed by atoms with Gasteiger partial charge < -0.3 is 10.1 Å². The number of sulfonamides is 1. The first kappa shape index (κ1) is 26.2. The summed E-state index contributed by atoms with van der Waals surface area (Å²) in [5, 5.41) is 2.92. The molecule has 3 aromatic rings. The number of methoxy groups -OCH3 is 1. The summed E-state index contributed by atoms with van der Waals surface area (Å²) >= 11 is 0. The molecule has 8 heteroatoms. The molecule has 0 radical (unpaired) electrons. The molecule has 0 unspecified atom stereocenters. The molecule has 0 fully saturated rings. The second kappa shape index (κ2) is 11.4. The van der Waals surface area contributed by atoms with Crippen LogP contribution in [0.4, 0.5) is 5.69 Å². The van der Waals surface area contributed by atoms with Gasteiger partial charge in [0.1, 0.15) is 10.6 Å². The Morgan fingerprint density at radius 2 is 1.66 bits per heavy atom. The Balaban J connectivity index is 1.79. The Morgan fingerprint density at radius 3 is 2.29 bits per heavy atom. The van der Waals surface area contributed by atoms with E-state index in [9.17, 15) is 13.2 Å². The van der Waals surface area contributed by atoms with Crippen molar-refractivity contribution in [3.63, 3.8) is 0 Å². The van der Waals surface area contributed by atoms with Gasteiger partial charge in [-0.25, -0.2) is 8.42 Å². The number of ether oxygens (including phenoxy) is 1. The standard InChI is InChI=1S/C27H33N3O4S/c1-19(2)30(4)18-23-9-7-6-8-22(23)17-28-27(31)21-12-15-25(34-5)26(16-21)35(32,33)29-24-13-10-20(3)11-14-24/h6-16,19,29H,17-18H2,1-5H3,(H,28,31). The van der Waals surface area contributed by atoms with Crippen molar-refractivity contribution in [3.05, 3.63) is 89.0 Å². The van der Waals surface area contributed by atoms with Gasteiger partial charge in [-0.2, -0.15) is 0 Å². The number of nitrogens with one attached hydrogen (secondary N) is 2. The average Bonchev–Trinajstić information content (AvgIpc) is 2.84. The van der Waals surface area contributed by atoms with Crippen molar-refractivity contribution in [1.29, 1.82) is 0 Å². The van der Waals surface area contributed by atoms with E-state index < -0.39 is 10.0 Å². The summed E-state index contributed by atoms with van der Waals surface area (Å²) in [6.07, 6.45) is 0. The smallest absolute Gasteiger partial charge is 0.265 e. The number of aryl methyl sites for hydroxylation is 1. The molecule has 2 N–H and O–H groups in total. The number of anilines is 1. The van der Waals surface area contributed by atoms with Crippen molar-refractivity contribution in [1.82, 2.24) is 10.2 Å². The van der Waals surface area contributed by atoms with Crippen molar-refractivity contribution >= 4 is 21.6 Å². The fourth-order valence-electron chi connectivity index (χ4n) is 3.47. The van der Waals surface area contributed by atoms with Crippen molar-refractivity contribution in [2.24, 2.45) is 0 Å². The molecule has 0 atom stereocenters. The van der Waals surface area contributed by atoms with E-state index in [0.29, 0.717) is 18.3 Å². The van der Waals surface area contributed by atoms with Crippen LogP contribution in [0.3, 0.4) is 0 Å². The van der Waals surface area contributed by atoms with Crippen molar-refractivity contribution in [2.75, 3.05) is 18.9 Å². The molecular formula is C27H33N3O4S. The normalized spacial score (nSPS) is 11.5. The summed E-state index contributed by atoms with van der Waals surface area (Å²) in [5.41, 5.74) is 3.81. The quantitative estimate of drug-likeness (QED) is 0.430. The topological polar surface area (TPSA) is 87.7 Å². The summed E-state index contributed by atoms with van der Waals surface area (Å²) in [4.78, 5) is 15.1. The fourth-order valence-corrected chi connectivity index (χ4v) is 4.73. The SMILES string of the molecule is COc1ccc(C(=O)NCc2ccccc2CN(C)C(C)C)cc1S(=O)(=O)Nc1ccc(C)cc1. The van der Waals surface area contributed by atoms with Gasteiger partial charge >= 0.3 is 0 Å². The summed E-state index contributed by atoms with van der Waals surface area (Å²) in [6, 6.07) is 19.7. The Bertz CT molecular complexity index is 1270. The number of carbonyl (C=O) groups excluding carboxylic acids is 1. The zero-order valence-corrected chi connectivity index (χ0v) is 21.6. The maximum Gasteiger partial charge on any atom is 0.265 e. The summed E-state index contributed by atoms with van der Waals surface area (Å²) in [6.45, 7) is 7.28. The van der Waals surface area contributed by atoms with Crippen LogP contribution < -0.4 is 14.8 Å². The maximum absolute atomic E-state index is 13.1. The molecule has 0 aliphatic heterocycles. The number of carbonyl (C=O) groups is 1. The van der Waals surface area contributed by atoms with Crippen LogP contribution in [0.15, 0.2) is 71.6 Å². The number of rotatable bonds is 10.